The molecule has 3 rings (SSSR count). The molecule has 20 heavy (non-hydrogen) atoms. The fraction of sp³-hybridized carbons (Fsp3) is 0.733. The van der Waals surface area contributed by atoms with Crippen molar-refractivity contribution >= 4 is 5.91 Å². The van der Waals surface area contributed by atoms with Crippen molar-refractivity contribution in [1.29, 1.82) is 0 Å². The smallest absolute Gasteiger partial charge is 0.228 e. The van der Waals surface area contributed by atoms with Crippen LogP contribution in [0.4, 0.5) is 0 Å². The van der Waals surface area contributed by atoms with Gasteiger partial charge in [-0.25, -0.2) is 0 Å². The first-order valence-electron chi connectivity index (χ1n) is 7.68. The van der Waals surface area contributed by atoms with Crippen molar-refractivity contribution in [2.75, 3.05) is 26.2 Å². The summed E-state index contributed by atoms with van der Waals surface area (Å²) in [5.74, 6) is 0.767. The lowest BCUT2D eigenvalue weighted by Gasteiger charge is -2.40. The number of aromatic nitrogens is 2. The summed E-state index contributed by atoms with van der Waals surface area (Å²) in [5.41, 5.74) is 0.999. The van der Waals surface area contributed by atoms with Gasteiger partial charge in [0.05, 0.1) is 0 Å². The Balaban J connectivity index is 1.68. The molecular formula is C15H24N4O. The Morgan fingerprint density at radius 1 is 1.45 bits per heavy atom. The molecule has 2 aliphatic rings. The van der Waals surface area contributed by atoms with Crippen LogP contribution in [-0.2, 0) is 4.79 Å². The highest BCUT2D eigenvalue weighted by molar-refractivity contribution is 5.82. The molecule has 0 bridgehead atoms. The van der Waals surface area contributed by atoms with Crippen LogP contribution < -0.4 is 5.32 Å². The summed E-state index contributed by atoms with van der Waals surface area (Å²) < 4.78 is 0. The lowest BCUT2D eigenvalue weighted by atomic mass is 9.79. The number of H-pyrrole nitrogens is 1. The van der Waals surface area contributed by atoms with Crippen LogP contribution in [0.5, 0.6) is 0 Å². The third kappa shape index (κ3) is 2.59. The second-order valence-corrected chi connectivity index (χ2v) is 6.41. The molecule has 5 heteroatoms. The summed E-state index contributed by atoms with van der Waals surface area (Å²) in [4.78, 5) is 14.9. The van der Waals surface area contributed by atoms with E-state index >= 15 is 0 Å². The minimum atomic E-state index is -0.166. The third-order valence-electron chi connectivity index (χ3n) is 4.89. The van der Waals surface area contributed by atoms with E-state index in [1.807, 2.05) is 6.07 Å². The number of nitrogens with one attached hydrogen (secondary N) is 2. The molecule has 1 atom stereocenters. The van der Waals surface area contributed by atoms with E-state index in [-0.39, 0.29) is 5.41 Å². The molecule has 1 aromatic heterocycles. The highest BCUT2D eigenvalue weighted by Gasteiger charge is 2.39. The minimum absolute atomic E-state index is 0.166. The second-order valence-electron chi connectivity index (χ2n) is 6.41. The first kappa shape index (κ1) is 13.6. The number of nitrogens with zero attached hydrogens (tertiary/aromatic N) is 2. The number of hydrogen-bond acceptors (Lipinski definition) is 3. The minimum Gasteiger partial charge on any atom is -0.342 e. The highest BCUT2D eigenvalue weighted by atomic mass is 16.2. The van der Waals surface area contributed by atoms with Gasteiger partial charge in [0.2, 0.25) is 5.91 Å². The van der Waals surface area contributed by atoms with Gasteiger partial charge in [0.25, 0.3) is 0 Å². The molecule has 110 valence electrons. The van der Waals surface area contributed by atoms with E-state index in [0.29, 0.717) is 11.8 Å². The maximum Gasteiger partial charge on any atom is 0.228 e. The monoisotopic (exact) mass is 276 g/mol. The van der Waals surface area contributed by atoms with Crippen LogP contribution in [0, 0.1) is 5.41 Å². The van der Waals surface area contributed by atoms with Crippen molar-refractivity contribution in [2.24, 2.45) is 5.41 Å². The van der Waals surface area contributed by atoms with Crippen LogP contribution >= 0.6 is 0 Å². The highest BCUT2D eigenvalue weighted by Crippen LogP contribution is 2.33. The first-order valence-corrected chi connectivity index (χ1v) is 7.68. The second kappa shape index (κ2) is 5.56. The van der Waals surface area contributed by atoms with Crippen LogP contribution in [0.15, 0.2) is 12.3 Å². The van der Waals surface area contributed by atoms with Gasteiger partial charge in [0, 0.05) is 36.3 Å². The van der Waals surface area contributed by atoms with Gasteiger partial charge in [-0.1, -0.05) is 6.92 Å². The van der Waals surface area contributed by atoms with Gasteiger partial charge in [0.1, 0.15) is 0 Å². The topological polar surface area (TPSA) is 61.0 Å². The van der Waals surface area contributed by atoms with Crippen molar-refractivity contribution in [3.05, 3.63) is 18.0 Å². The van der Waals surface area contributed by atoms with Crippen LogP contribution in [0.25, 0.3) is 0 Å². The summed E-state index contributed by atoms with van der Waals surface area (Å²) in [6, 6.07) is 2.03. The SMILES string of the molecule is CC1(C(=O)N2CCCC(c3ccn[nH]3)C2)CCNCC1. The fourth-order valence-corrected chi connectivity index (χ4v) is 3.48. The third-order valence-corrected chi connectivity index (χ3v) is 4.89. The number of rotatable bonds is 2. The van der Waals surface area contributed by atoms with Crippen molar-refractivity contribution in [2.45, 2.75) is 38.5 Å². The van der Waals surface area contributed by atoms with E-state index in [0.717, 1.165) is 57.6 Å². The number of carbonyl (C=O) groups excluding carboxylic acids is 1. The van der Waals surface area contributed by atoms with Gasteiger partial charge in [-0.2, -0.15) is 5.10 Å². The van der Waals surface area contributed by atoms with Crippen molar-refractivity contribution in [3.8, 4) is 0 Å². The molecule has 0 aliphatic carbocycles. The van der Waals surface area contributed by atoms with E-state index in [2.05, 4.69) is 27.3 Å². The number of likely N-dealkylation sites (tertiary alicyclic amines) is 1. The quantitative estimate of drug-likeness (QED) is 0.860. The zero-order chi connectivity index (χ0) is 14.0. The van der Waals surface area contributed by atoms with Crippen LogP contribution in [-0.4, -0.2) is 47.2 Å². The van der Waals surface area contributed by atoms with Gasteiger partial charge >= 0.3 is 0 Å². The first-order chi connectivity index (χ1) is 9.69. The zero-order valence-corrected chi connectivity index (χ0v) is 12.2. The molecule has 3 heterocycles. The lowest BCUT2D eigenvalue weighted by molar-refractivity contribution is -0.144. The number of hydrogen-bond donors (Lipinski definition) is 2. The number of aromatic amines is 1. The molecule has 2 fully saturated rings. The van der Waals surface area contributed by atoms with Crippen molar-refractivity contribution in [3.63, 3.8) is 0 Å². The molecular weight excluding hydrogens is 252 g/mol. The summed E-state index contributed by atoms with van der Waals surface area (Å²) >= 11 is 0. The van der Waals surface area contributed by atoms with Gasteiger partial charge < -0.3 is 10.2 Å². The molecule has 0 spiro atoms. The van der Waals surface area contributed by atoms with Crippen LogP contribution in [0.2, 0.25) is 0 Å². The summed E-state index contributed by atoms with van der Waals surface area (Å²) in [6.07, 6.45) is 5.94. The Morgan fingerprint density at radius 3 is 2.95 bits per heavy atom. The van der Waals surface area contributed by atoms with E-state index in [4.69, 9.17) is 0 Å². The van der Waals surface area contributed by atoms with E-state index in [1.54, 1.807) is 6.20 Å². The fourth-order valence-electron chi connectivity index (χ4n) is 3.48. The number of amides is 1. The lowest BCUT2D eigenvalue weighted by Crippen LogP contribution is -2.50. The summed E-state index contributed by atoms with van der Waals surface area (Å²) in [7, 11) is 0. The molecule has 2 saturated heterocycles. The number of piperidine rings is 2. The molecule has 2 aliphatic heterocycles. The van der Waals surface area contributed by atoms with Crippen molar-refractivity contribution < 1.29 is 4.79 Å². The summed E-state index contributed by atoms with van der Waals surface area (Å²) in [6.45, 7) is 5.80. The predicted octanol–water partition coefficient (Wildman–Crippen LogP) is 1.51. The maximum atomic E-state index is 12.9. The Morgan fingerprint density at radius 2 is 2.25 bits per heavy atom. The molecule has 0 aromatic carbocycles. The maximum absolute atomic E-state index is 12.9. The largest absolute Gasteiger partial charge is 0.342 e. The number of carbonyl (C=O) groups is 1. The zero-order valence-electron chi connectivity index (χ0n) is 12.2. The van der Waals surface area contributed by atoms with E-state index < -0.39 is 0 Å². The molecule has 2 N–H and O–H groups in total. The molecule has 0 saturated carbocycles. The van der Waals surface area contributed by atoms with Crippen molar-refractivity contribution in [1.82, 2.24) is 20.4 Å². The van der Waals surface area contributed by atoms with Gasteiger partial charge in [0.15, 0.2) is 0 Å². The van der Waals surface area contributed by atoms with Gasteiger partial charge in [-0.05, 0) is 44.8 Å². The Labute approximate surface area is 120 Å². The molecule has 1 unspecified atom stereocenters. The average Bonchev–Trinajstić information content (AvgIpc) is 3.02. The normalized spacial score (nSPS) is 26.4. The van der Waals surface area contributed by atoms with Gasteiger partial charge in [-0.15, -0.1) is 0 Å². The molecule has 0 radical (unpaired) electrons. The van der Waals surface area contributed by atoms with Gasteiger partial charge in [-0.3, -0.25) is 9.89 Å². The van der Waals surface area contributed by atoms with Crippen LogP contribution in [0.3, 0.4) is 0 Å². The average molecular weight is 276 g/mol. The predicted molar refractivity (Wildman–Crippen MR) is 77.4 cm³/mol. The van der Waals surface area contributed by atoms with E-state index in [9.17, 15) is 4.79 Å². The van der Waals surface area contributed by atoms with E-state index in [1.165, 1.54) is 0 Å². The Hall–Kier alpha value is -1.36. The summed E-state index contributed by atoms with van der Waals surface area (Å²) in [5, 5.41) is 10.4. The molecule has 1 aromatic rings. The Kier molecular flexibility index (Phi) is 3.78. The standard InChI is InChI=1S/C15H24N4O/c1-15(5-8-16-9-6-15)14(20)19-10-2-3-12(11-19)13-4-7-17-18-13/h4,7,12,16H,2-3,5-6,8-11H2,1H3,(H,17,18). The molecule has 1 amide bonds. The Bertz CT molecular complexity index is 450. The van der Waals surface area contributed by atoms with Crippen LogP contribution in [0.1, 0.15) is 44.2 Å². The molecule has 5 nitrogen and oxygen atoms in total.